The highest BCUT2D eigenvalue weighted by Gasteiger charge is 2.36. The maximum Gasteiger partial charge on any atom is 0.407 e. The van der Waals surface area contributed by atoms with Crippen LogP contribution in [-0.4, -0.2) is 57.7 Å². The number of carboxylic acids is 1. The summed E-state index contributed by atoms with van der Waals surface area (Å²) < 4.78 is 10.7. The van der Waals surface area contributed by atoms with E-state index in [-0.39, 0.29) is 24.9 Å². The van der Waals surface area contributed by atoms with Crippen LogP contribution in [0.5, 0.6) is 5.75 Å². The molecule has 1 unspecified atom stereocenters. The van der Waals surface area contributed by atoms with Crippen molar-refractivity contribution in [2.45, 2.75) is 39.3 Å². The summed E-state index contributed by atoms with van der Waals surface area (Å²) in [7, 11) is 0. The van der Waals surface area contributed by atoms with Gasteiger partial charge >= 0.3 is 12.1 Å². The van der Waals surface area contributed by atoms with Crippen molar-refractivity contribution in [2.75, 3.05) is 17.2 Å². The largest absolute Gasteiger partial charge is 0.480 e. The quantitative estimate of drug-likeness (QED) is 0.366. The third kappa shape index (κ3) is 6.24. The zero-order chi connectivity index (χ0) is 24.8. The average Bonchev–Trinajstić information content (AvgIpc) is 3.29. The van der Waals surface area contributed by atoms with Gasteiger partial charge in [0.2, 0.25) is 11.9 Å². The fourth-order valence-corrected chi connectivity index (χ4v) is 3.19. The number of anilines is 2. The minimum Gasteiger partial charge on any atom is -0.480 e. The van der Waals surface area contributed by atoms with Gasteiger partial charge in [-0.1, -0.05) is 19.9 Å². The molecule has 1 aliphatic heterocycles. The Morgan fingerprint density at radius 1 is 1.26 bits per heavy atom. The monoisotopic (exact) mass is 473 g/mol. The molecule has 3 rings (SSSR count). The van der Waals surface area contributed by atoms with Crippen LogP contribution in [0, 0.1) is 11.8 Å². The first kappa shape index (κ1) is 24.6. The van der Waals surface area contributed by atoms with E-state index >= 15 is 0 Å². The number of amides is 3. The summed E-state index contributed by atoms with van der Waals surface area (Å²) in [5.41, 5.74) is 0.880. The second-order valence-electron chi connectivity index (χ2n) is 8.31. The molecule has 0 bridgehead atoms. The number of hydrogen-bond donors (Lipinski definition) is 5. The zero-order valence-electron chi connectivity index (χ0n) is 19.0. The van der Waals surface area contributed by atoms with Crippen molar-refractivity contribution in [3.05, 3.63) is 36.2 Å². The molecule has 0 radical (unpaired) electrons. The summed E-state index contributed by atoms with van der Waals surface area (Å²) in [5, 5.41) is 17.1. The lowest BCUT2D eigenvalue weighted by Crippen LogP contribution is -2.46. The lowest BCUT2D eigenvalue weighted by Gasteiger charge is -2.29. The van der Waals surface area contributed by atoms with E-state index in [4.69, 9.17) is 9.47 Å². The number of rotatable bonds is 9. The molecular formula is C22H27N5O7. The Kier molecular flexibility index (Phi) is 7.71. The Bertz CT molecular complexity index is 1050. The molecule has 0 saturated carbocycles. The predicted octanol–water partition coefficient (Wildman–Crippen LogP) is 1.76. The number of imidazole rings is 1. The SMILES string of the molecule is CC(C)COC(=O)N[C@@H](Cc1ccc2c(c1)NC(=O)[C@@H](C(C)C(=O)Nc1ncc[nH]1)O2)C(=O)O. The average molecular weight is 473 g/mol. The minimum atomic E-state index is -1.23. The number of nitrogens with zero attached hydrogens (tertiary/aromatic N) is 1. The van der Waals surface area contributed by atoms with Crippen LogP contribution in [0.15, 0.2) is 30.6 Å². The molecule has 12 nitrogen and oxygen atoms in total. The number of carbonyl (C=O) groups excluding carboxylic acids is 3. The number of alkyl carbamates (subject to hydrolysis) is 1. The Morgan fingerprint density at radius 3 is 2.68 bits per heavy atom. The number of aromatic nitrogens is 2. The van der Waals surface area contributed by atoms with E-state index in [0.29, 0.717) is 17.0 Å². The van der Waals surface area contributed by atoms with Gasteiger partial charge in [-0.25, -0.2) is 14.6 Å². The highest BCUT2D eigenvalue weighted by Crippen LogP contribution is 2.33. The number of aliphatic carboxylic acids is 1. The van der Waals surface area contributed by atoms with Gasteiger partial charge in [0.15, 0.2) is 6.10 Å². The Morgan fingerprint density at radius 2 is 2.03 bits per heavy atom. The summed E-state index contributed by atoms with van der Waals surface area (Å²) in [4.78, 5) is 55.2. The minimum absolute atomic E-state index is 0.0410. The van der Waals surface area contributed by atoms with Gasteiger partial charge < -0.3 is 30.2 Å². The molecule has 182 valence electrons. The van der Waals surface area contributed by atoms with Gasteiger partial charge in [-0.05, 0) is 30.5 Å². The van der Waals surface area contributed by atoms with Crippen molar-refractivity contribution in [1.29, 1.82) is 0 Å². The molecule has 3 amide bonds. The van der Waals surface area contributed by atoms with Crippen LogP contribution in [-0.2, 0) is 25.5 Å². The van der Waals surface area contributed by atoms with Crippen LogP contribution in [0.2, 0.25) is 0 Å². The van der Waals surface area contributed by atoms with Crippen LogP contribution in [0.25, 0.3) is 0 Å². The molecule has 1 aliphatic rings. The van der Waals surface area contributed by atoms with Crippen LogP contribution in [0.3, 0.4) is 0 Å². The van der Waals surface area contributed by atoms with Crippen LogP contribution < -0.4 is 20.7 Å². The third-order valence-corrected chi connectivity index (χ3v) is 5.00. The van der Waals surface area contributed by atoms with E-state index in [1.54, 1.807) is 31.3 Å². The first-order chi connectivity index (χ1) is 16.1. The van der Waals surface area contributed by atoms with E-state index in [1.165, 1.54) is 6.20 Å². The van der Waals surface area contributed by atoms with Crippen molar-refractivity contribution < 1.29 is 33.8 Å². The Labute approximate surface area is 195 Å². The maximum atomic E-state index is 12.6. The van der Waals surface area contributed by atoms with Gasteiger partial charge in [0.1, 0.15) is 11.8 Å². The van der Waals surface area contributed by atoms with E-state index in [9.17, 15) is 24.3 Å². The molecule has 12 heteroatoms. The fourth-order valence-electron chi connectivity index (χ4n) is 3.19. The smallest absolute Gasteiger partial charge is 0.407 e. The molecule has 0 fully saturated rings. The molecule has 2 aromatic rings. The lowest BCUT2D eigenvalue weighted by atomic mass is 10.00. The van der Waals surface area contributed by atoms with Crippen LogP contribution in [0.1, 0.15) is 26.3 Å². The first-order valence-electron chi connectivity index (χ1n) is 10.7. The molecule has 1 aromatic heterocycles. The number of fused-ring (bicyclic) bond motifs is 1. The van der Waals surface area contributed by atoms with Gasteiger partial charge in [0.25, 0.3) is 5.91 Å². The highest BCUT2D eigenvalue weighted by atomic mass is 16.5. The van der Waals surface area contributed by atoms with Gasteiger partial charge in [-0.3, -0.25) is 14.9 Å². The van der Waals surface area contributed by atoms with Gasteiger partial charge in [0.05, 0.1) is 18.2 Å². The van der Waals surface area contributed by atoms with Crippen molar-refractivity contribution in [3.8, 4) is 5.75 Å². The molecule has 0 aliphatic carbocycles. The summed E-state index contributed by atoms with van der Waals surface area (Å²) >= 11 is 0. The molecule has 2 heterocycles. The second kappa shape index (κ2) is 10.7. The molecule has 34 heavy (non-hydrogen) atoms. The summed E-state index contributed by atoms with van der Waals surface area (Å²) in [6.45, 7) is 5.45. The number of aromatic amines is 1. The summed E-state index contributed by atoms with van der Waals surface area (Å²) in [6, 6.07) is 3.53. The summed E-state index contributed by atoms with van der Waals surface area (Å²) in [6.07, 6.45) is 1.10. The topological polar surface area (TPSA) is 172 Å². The Balaban J connectivity index is 1.65. The van der Waals surface area contributed by atoms with Crippen LogP contribution >= 0.6 is 0 Å². The number of benzene rings is 1. The standard InChI is InChI=1S/C22H27N5O7/c1-11(2)10-33-22(32)26-15(20(30)31)9-13-4-5-16-14(8-13)25-19(29)17(34-16)12(3)18(28)27-21-23-6-7-24-21/h4-8,11-12,15,17H,9-10H2,1-3H3,(H,25,29)(H,26,32)(H,30,31)(H2,23,24,27,28)/t12?,15-,17+/m0/s1. The Hall–Kier alpha value is -4.09. The van der Waals surface area contributed by atoms with Crippen LogP contribution in [0.4, 0.5) is 16.4 Å². The fraction of sp³-hybridized carbons (Fsp3) is 0.409. The number of nitrogens with one attached hydrogen (secondary N) is 4. The number of carbonyl (C=O) groups is 4. The predicted molar refractivity (Wildman–Crippen MR) is 120 cm³/mol. The van der Waals surface area contributed by atoms with Crippen molar-refractivity contribution in [2.24, 2.45) is 11.8 Å². The second-order valence-corrected chi connectivity index (χ2v) is 8.31. The maximum absolute atomic E-state index is 12.6. The number of carboxylic acid groups (broad SMARTS) is 1. The molecule has 0 spiro atoms. The van der Waals surface area contributed by atoms with Gasteiger partial charge in [-0.15, -0.1) is 0 Å². The zero-order valence-corrected chi connectivity index (χ0v) is 19.0. The van der Waals surface area contributed by atoms with Crippen molar-refractivity contribution in [1.82, 2.24) is 15.3 Å². The normalized spacial score (nSPS) is 16.5. The molecule has 5 N–H and O–H groups in total. The van der Waals surface area contributed by atoms with Gasteiger partial charge in [-0.2, -0.15) is 0 Å². The van der Waals surface area contributed by atoms with E-state index in [0.717, 1.165) is 0 Å². The van der Waals surface area contributed by atoms with E-state index in [1.807, 2.05) is 13.8 Å². The molecule has 3 atom stereocenters. The summed E-state index contributed by atoms with van der Waals surface area (Å²) in [5.74, 6) is -2.31. The molecule has 1 aromatic carbocycles. The molecular weight excluding hydrogens is 446 g/mol. The van der Waals surface area contributed by atoms with Gasteiger partial charge in [0, 0.05) is 18.8 Å². The van der Waals surface area contributed by atoms with Crippen molar-refractivity contribution >= 4 is 35.5 Å². The lowest BCUT2D eigenvalue weighted by molar-refractivity contribution is -0.139. The van der Waals surface area contributed by atoms with E-state index in [2.05, 4.69) is 25.9 Å². The number of ether oxygens (including phenoxy) is 2. The van der Waals surface area contributed by atoms with Crippen molar-refractivity contribution in [3.63, 3.8) is 0 Å². The van der Waals surface area contributed by atoms with E-state index < -0.39 is 41.9 Å². The molecule has 0 saturated heterocycles. The third-order valence-electron chi connectivity index (χ3n) is 5.00. The first-order valence-corrected chi connectivity index (χ1v) is 10.7. The highest BCUT2D eigenvalue weighted by molar-refractivity contribution is 6.02. The number of H-pyrrole nitrogens is 1. The number of hydrogen-bond acceptors (Lipinski definition) is 7.